The number of hydrogen-bond acceptors (Lipinski definition) is 5. The number of nitrogens with two attached hydrogens (primary N) is 1. The molecule has 3 N–H and O–H groups in total. The first-order chi connectivity index (χ1) is 13.6. The zero-order valence-corrected chi connectivity index (χ0v) is 16.8. The smallest absolute Gasteiger partial charge is 0.228 e. The van der Waals surface area contributed by atoms with Crippen LogP contribution in [0.5, 0.6) is 11.5 Å². The van der Waals surface area contributed by atoms with E-state index in [1.807, 2.05) is 30.3 Å². The molecule has 0 spiro atoms. The second kappa shape index (κ2) is 9.39. The Morgan fingerprint density at radius 3 is 2.71 bits per heavy atom. The molecule has 0 radical (unpaired) electrons. The molecule has 0 aliphatic rings. The summed E-state index contributed by atoms with van der Waals surface area (Å²) in [7, 11) is 1.58. The highest BCUT2D eigenvalue weighted by Crippen LogP contribution is 2.30. The lowest BCUT2D eigenvalue weighted by molar-refractivity contribution is -0.115. The highest BCUT2D eigenvalue weighted by molar-refractivity contribution is 7.10. The summed E-state index contributed by atoms with van der Waals surface area (Å²) < 4.78 is 10.9. The third-order valence-electron chi connectivity index (χ3n) is 4.28. The Bertz CT molecular complexity index is 952. The van der Waals surface area contributed by atoms with E-state index in [4.69, 9.17) is 15.2 Å². The number of ether oxygens (including phenoxy) is 2. The van der Waals surface area contributed by atoms with Gasteiger partial charge in [0.15, 0.2) is 11.5 Å². The minimum Gasteiger partial charge on any atom is -0.493 e. The molecular weight excluding hydrogens is 372 g/mol. The molecule has 28 heavy (non-hydrogen) atoms. The highest BCUT2D eigenvalue weighted by atomic mass is 32.1. The van der Waals surface area contributed by atoms with Gasteiger partial charge in [-0.15, -0.1) is 11.3 Å². The maximum atomic E-state index is 12.5. The molecule has 1 amide bonds. The van der Waals surface area contributed by atoms with Crippen molar-refractivity contribution < 1.29 is 14.3 Å². The van der Waals surface area contributed by atoms with Crippen molar-refractivity contribution in [3.05, 3.63) is 64.4 Å². The van der Waals surface area contributed by atoms with Crippen LogP contribution >= 0.6 is 11.3 Å². The molecule has 0 saturated carbocycles. The van der Waals surface area contributed by atoms with Crippen molar-refractivity contribution >= 4 is 22.9 Å². The van der Waals surface area contributed by atoms with E-state index in [0.29, 0.717) is 24.7 Å². The Kier molecular flexibility index (Phi) is 6.68. The van der Waals surface area contributed by atoms with Crippen LogP contribution in [0.3, 0.4) is 0 Å². The fraction of sp³-hybridized carbons (Fsp3) is 0.227. The van der Waals surface area contributed by atoms with Gasteiger partial charge in [-0.2, -0.15) is 0 Å². The molecule has 146 valence electrons. The summed E-state index contributed by atoms with van der Waals surface area (Å²) in [6.07, 6.45) is 0.245. The summed E-state index contributed by atoms with van der Waals surface area (Å²) in [6, 6.07) is 15.5. The Balaban J connectivity index is 1.68. The third kappa shape index (κ3) is 4.91. The van der Waals surface area contributed by atoms with Crippen molar-refractivity contribution in [2.75, 3.05) is 25.6 Å². The van der Waals surface area contributed by atoms with E-state index in [1.54, 1.807) is 24.5 Å². The number of carbonyl (C=O) groups excluding carboxylic acids is 1. The van der Waals surface area contributed by atoms with Gasteiger partial charge in [-0.1, -0.05) is 18.2 Å². The molecule has 0 aliphatic heterocycles. The summed E-state index contributed by atoms with van der Waals surface area (Å²) in [6.45, 7) is 2.94. The lowest BCUT2D eigenvalue weighted by atomic mass is 10.1. The van der Waals surface area contributed by atoms with Crippen LogP contribution in [-0.4, -0.2) is 26.2 Å². The molecule has 1 heterocycles. The van der Waals surface area contributed by atoms with Gasteiger partial charge >= 0.3 is 0 Å². The summed E-state index contributed by atoms with van der Waals surface area (Å²) in [5, 5.41) is 5.05. The van der Waals surface area contributed by atoms with Gasteiger partial charge < -0.3 is 20.5 Å². The van der Waals surface area contributed by atoms with Gasteiger partial charge in [-0.05, 0) is 59.3 Å². The first-order valence-corrected chi connectivity index (χ1v) is 9.93. The monoisotopic (exact) mass is 396 g/mol. The molecule has 6 heteroatoms. The predicted octanol–water partition coefficient (Wildman–Crippen LogP) is 4.25. The average molecular weight is 397 g/mol. The largest absolute Gasteiger partial charge is 0.493 e. The van der Waals surface area contributed by atoms with Gasteiger partial charge in [0.1, 0.15) is 6.61 Å². The zero-order chi connectivity index (χ0) is 19.9. The van der Waals surface area contributed by atoms with Crippen LogP contribution in [0.1, 0.15) is 10.4 Å². The number of thiophene rings is 1. The van der Waals surface area contributed by atoms with Gasteiger partial charge in [0.25, 0.3) is 0 Å². The van der Waals surface area contributed by atoms with Gasteiger partial charge in [-0.25, -0.2) is 0 Å². The number of methoxy groups -OCH3 is 1. The van der Waals surface area contributed by atoms with Crippen molar-refractivity contribution in [2.45, 2.75) is 13.3 Å². The van der Waals surface area contributed by atoms with E-state index in [2.05, 4.69) is 29.8 Å². The SMILES string of the molecule is COc1cc(CC(=O)Nc2cccc(-c3ccsc3C)c2)ccc1OCCN. The number of amides is 1. The minimum atomic E-state index is -0.0862. The van der Waals surface area contributed by atoms with E-state index in [0.717, 1.165) is 16.8 Å². The third-order valence-corrected chi connectivity index (χ3v) is 5.13. The van der Waals surface area contributed by atoms with Crippen molar-refractivity contribution in [3.8, 4) is 22.6 Å². The molecule has 0 aliphatic carbocycles. The van der Waals surface area contributed by atoms with E-state index in [-0.39, 0.29) is 12.3 Å². The van der Waals surface area contributed by atoms with Crippen LogP contribution in [0.2, 0.25) is 0 Å². The van der Waals surface area contributed by atoms with Crippen molar-refractivity contribution in [1.82, 2.24) is 0 Å². The van der Waals surface area contributed by atoms with Crippen LogP contribution in [0, 0.1) is 6.92 Å². The maximum Gasteiger partial charge on any atom is 0.228 e. The van der Waals surface area contributed by atoms with E-state index >= 15 is 0 Å². The number of rotatable bonds is 8. The topological polar surface area (TPSA) is 73.6 Å². The molecule has 0 unspecified atom stereocenters. The second-order valence-electron chi connectivity index (χ2n) is 6.32. The van der Waals surface area contributed by atoms with Crippen molar-refractivity contribution in [3.63, 3.8) is 0 Å². The lowest BCUT2D eigenvalue weighted by Gasteiger charge is -2.12. The summed E-state index contributed by atoms with van der Waals surface area (Å²) in [5.41, 5.74) is 9.39. The summed E-state index contributed by atoms with van der Waals surface area (Å²) in [4.78, 5) is 13.8. The predicted molar refractivity (Wildman–Crippen MR) is 114 cm³/mol. The number of benzene rings is 2. The number of carbonyl (C=O) groups is 1. The second-order valence-corrected chi connectivity index (χ2v) is 7.44. The number of hydrogen-bond donors (Lipinski definition) is 2. The molecule has 0 bridgehead atoms. The summed E-state index contributed by atoms with van der Waals surface area (Å²) in [5.74, 6) is 1.13. The highest BCUT2D eigenvalue weighted by Gasteiger charge is 2.10. The van der Waals surface area contributed by atoms with E-state index in [9.17, 15) is 4.79 Å². The van der Waals surface area contributed by atoms with Crippen LogP contribution in [0.15, 0.2) is 53.9 Å². The molecule has 1 aromatic heterocycles. The molecule has 2 aromatic carbocycles. The molecule has 0 atom stereocenters. The Labute approximate surface area is 169 Å². The van der Waals surface area contributed by atoms with Gasteiger partial charge in [0, 0.05) is 17.1 Å². The molecule has 3 aromatic rings. The zero-order valence-electron chi connectivity index (χ0n) is 16.0. The number of anilines is 1. The molecule has 0 fully saturated rings. The van der Waals surface area contributed by atoms with Gasteiger partial charge in [0.2, 0.25) is 5.91 Å². The first kappa shape index (κ1) is 19.9. The standard InChI is InChI=1S/C22H24N2O3S/c1-15-19(8-11-28-15)17-4-3-5-18(14-17)24-22(25)13-16-6-7-20(27-10-9-23)21(12-16)26-2/h3-8,11-12,14H,9-10,13,23H2,1-2H3,(H,24,25). The van der Waals surface area contributed by atoms with Crippen LogP contribution in [0.4, 0.5) is 5.69 Å². The van der Waals surface area contributed by atoms with Crippen LogP contribution in [0.25, 0.3) is 11.1 Å². The Morgan fingerprint density at radius 2 is 2.00 bits per heavy atom. The lowest BCUT2D eigenvalue weighted by Crippen LogP contribution is -2.14. The Morgan fingerprint density at radius 1 is 1.14 bits per heavy atom. The molecule has 0 saturated heterocycles. The number of nitrogens with one attached hydrogen (secondary N) is 1. The van der Waals surface area contributed by atoms with E-state index < -0.39 is 0 Å². The van der Waals surface area contributed by atoms with E-state index in [1.165, 1.54) is 10.4 Å². The fourth-order valence-corrected chi connectivity index (χ4v) is 3.67. The van der Waals surface area contributed by atoms with Crippen molar-refractivity contribution in [1.29, 1.82) is 0 Å². The maximum absolute atomic E-state index is 12.5. The quantitative estimate of drug-likeness (QED) is 0.597. The average Bonchev–Trinajstić information content (AvgIpc) is 3.13. The van der Waals surface area contributed by atoms with Crippen LogP contribution in [-0.2, 0) is 11.2 Å². The fourth-order valence-electron chi connectivity index (χ4n) is 2.95. The minimum absolute atomic E-state index is 0.0862. The van der Waals surface area contributed by atoms with Gasteiger partial charge in [-0.3, -0.25) is 4.79 Å². The normalized spacial score (nSPS) is 10.5. The first-order valence-electron chi connectivity index (χ1n) is 9.05. The van der Waals surface area contributed by atoms with Crippen molar-refractivity contribution in [2.24, 2.45) is 5.73 Å². The summed E-state index contributed by atoms with van der Waals surface area (Å²) >= 11 is 1.71. The molecular formula is C22H24N2O3S. The Hall–Kier alpha value is -2.83. The van der Waals surface area contributed by atoms with Crippen LogP contribution < -0.4 is 20.5 Å². The number of aryl methyl sites for hydroxylation is 1. The molecule has 3 rings (SSSR count). The molecule has 5 nitrogen and oxygen atoms in total. The van der Waals surface area contributed by atoms with Gasteiger partial charge in [0.05, 0.1) is 13.5 Å².